The number of aromatic nitrogens is 2. The van der Waals surface area contributed by atoms with Crippen molar-refractivity contribution in [3.05, 3.63) is 40.3 Å². The Kier molecular flexibility index (Phi) is 4.24. The lowest BCUT2D eigenvalue weighted by molar-refractivity contribution is 0.299. The standard InChI is InChI=1S/C17H21N3O2/c1-3-20(4-2)11-7-10-14-15-12-8-5-6-9-13(12)16(21)18-17(15)22-19-14/h5-6,8-9H,3-4,7,10-11H2,1-2H3,(H,18,21). The number of hydrogen-bond donors (Lipinski definition) is 1. The van der Waals surface area contributed by atoms with Crippen LogP contribution < -0.4 is 5.56 Å². The maximum atomic E-state index is 12.0. The molecule has 3 rings (SSSR count). The molecule has 0 amide bonds. The van der Waals surface area contributed by atoms with Crippen LogP contribution >= 0.6 is 0 Å². The molecular formula is C17H21N3O2. The molecule has 116 valence electrons. The van der Waals surface area contributed by atoms with Crippen molar-refractivity contribution in [2.75, 3.05) is 19.6 Å². The smallest absolute Gasteiger partial charge is 0.258 e. The van der Waals surface area contributed by atoms with Crippen molar-refractivity contribution < 1.29 is 4.52 Å². The van der Waals surface area contributed by atoms with Crippen LogP contribution in [0.3, 0.4) is 0 Å². The van der Waals surface area contributed by atoms with Crippen LogP contribution in [0.1, 0.15) is 26.0 Å². The highest BCUT2D eigenvalue weighted by Gasteiger charge is 2.14. The number of benzene rings is 1. The van der Waals surface area contributed by atoms with Gasteiger partial charge in [0, 0.05) is 10.8 Å². The van der Waals surface area contributed by atoms with Gasteiger partial charge in [-0.15, -0.1) is 0 Å². The van der Waals surface area contributed by atoms with Crippen molar-refractivity contribution in [2.45, 2.75) is 26.7 Å². The summed E-state index contributed by atoms with van der Waals surface area (Å²) in [6.07, 6.45) is 1.87. The summed E-state index contributed by atoms with van der Waals surface area (Å²) in [5.74, 6) is 0. The number of aryl methyl sites for hydroxylation is 1. The topological polar surface area (TPSA) is 62.1 Å². The van der Waals surface area contributed by atoms with Gasteiger partial charge in [0.25, 0.3) is 5.56 Å². The van der Waals surface area contributed by atoms with Crippen LogP contribution in [0.15, 0.2) is 33.6 Å². The van der Waals surface area contributed by atoms with Crippen molar-refractivity contribution in [1.29, 1.82) is 0 Å². The van der Waals surface area contributed by atoms with Gasteiger partial charge < -0.3 is 9.42 Å². The monoisotopic (exact) mass is 299 g/mol. The maximum Gasteiger partial charge on any atom is 0.258 e. The molecule has 0 fully saturated rings. The minimum atomic E-state index is -0.131. The van der Waals surface area contributed by atoms with Gasteiger partial charge in [0.15, 0.2) is 0 Å². The van der Waals surface area contributed by atoms with Crippen LogP contribution in [0.5, 0.6) is 0 Å². The van der Waals surface area contributed by atoms with Crippen LogP contribution in [-0.2, 0) is 6.42 Å². The van der Waals surface area contributed by atoms with Gasteiger partial charge in [-0.2, -0.15) is 0 Å². The normalized spacial score (nSPS) is 11.8. The van der Waals surface area contributed by atoms with Crippen LogP contribution in [0.25, 0.3) is 21.9 Å². The van der Waals surface area contributed by atoms with Gasteiger partial charge in [-0.05, 0) is 38.5 Å². The molecule has 2 aromatic heterocycles. The largest absolute Gasteiger partial charge is 0.337 e. The summed E-state index contributed by atoms with van der Waals surface area (Å²) in [7, 11) is 0. The molecule has 0 radical (unpaired) electrons. The highest BCUT2D eigenvalue weighted by molar-refractivity contribution is 6.04. The van der Waals surface area contributed by atoms with E-state index in [1.807, 2.05) is 24.3 Å². The molecule has 0 unspecified atom stereocenters. The van der Waals surface area contributed by atoms with E-state index in [1.165, 1.54) is 0 Å². The van der Waals surface area contributed by atoms with E-state index >= 15 is 0 Å². The number of nitrogens with zero attached hydrogens (tertiary/aromatic N) is 2. The molecule has 5 nitrogen and oxygen atoms in total. The lowest BCUT2D eigenvalue weighted by Crippen LogP contribution is -2.24. The molecule has 0 saturated heterocycles. The Morgan fingerprint density at radius 2 is 1.91 bits per heavy atom. The van der Waals surface area contributed by atoms with Gasteiger partial charge in [-0.1, -0.05) is 37.2 Å². The first kappa shape index (κ1) is 14.8. The highest BCUT2D eigenvalue weighted by atomic mass is 16.5. The van der Waals surface area contributed by atoms with E-state index in [1.54, 1.807) is 0 Å². The Hall–Kier alpha value is -2.14. The molecule has 0 aliphatic heterocycles. The molecule has 22 heavy (non-hydrogen) atoms. The molecule has 0 atom stereocenters. The fourth-order valence-corrected chi connectivity index (χ4v) is 2.94. The van der Waals surface area contributed by atoms with Crippen molar-refractivity contribution in [1.82, 2.24) is 15.0 Å². The molecule has 0 aliphatic carbocycles. The summed E-state index contributed by atoms with van der Waals surface area (Å²) in [6.45, 7) is 7.52. The van der Waals surface area contributed by atoms with E-state index < -0.39 is 0 Å². The molecule has 0 bridgehead atoms. The third kappa shape index (κ3) is 2.64. The number of H-pyrrole nitrogens is 1. The predicted molar refractivity (Wildman–Crippen MR) is 88.2 cm³/mol. The van der Waals surface area contributed by atoms with Gasteiger partial charge in [0.1, 0.15) is 0 Å². The Morgan fingerprint density at radius 1 is 1.18 bits per heavy atom. The fraction of sp³-hybridized carbons (Fsp3) is 0.412. The predicted octanol–water partition coefficient (Wildman–Crippen LogP) is 2.94. The zero-order chi connectivity index (χ0) is 15.5. The third-order valence-corrected chi connectivity index (χ3v) is 4.21. The van der Waals surface area contributed by atoms with Gasteiger partial charge in [-0.25, -0.2) is 0 Å². The van der Waals surface area contributed by atoms with E-state index in [0.717, 1.165) is 48.9 Å². The van der Waals surface area contributed by atoms with Crippen LogP contribution in [0.4, 0.5) is 0 Å². The Labute approximate surface area is 128 Å². The lowest BCUT2D eigenvalue weighted by Gasteiger charge is -2.17. The first-order chi connectivity index (χ1) is 10.7. The summed E-state index contributed by atoms with van der Waals surface area (Å²) in [4.78, 5) is 17.2. The molecular weight excluding hydrogens is 278 g/mol. The average molecular weight is 299 g/mol. The van der Waals surface area contributed by atoms with E-state index in [9.17, 15) is 4.79 Å². The zero-order valence-electron chi connectivity index (χ0n) is 13.1. The number of pyridine rings is 1. The quantitative estimate of drug-likeness (QED) is 0.760. The SMILES string of the molecule is CCN(CC)CCCc1noc2[nH]c(=O)c3ccccc3c12. The minimum absolute atomic E-state index is 0.131. The Morgan fingerprint density at radius 3 is 2.64 bits per heavy atom. The van der Waals surface area contributed by atoms with Crippen molar-refractivity contribution >= 4 is 21.9 Å². The first-order valence-corrected chi connectivity index (χ1v) is 7.86. The van der Waals surface area contributed by atoms with E-state index in [0.29, 0.717) is 11.1 Å². The van der Waals surface area contributed by atoms with Crippen LogP contribution in [-0.4, -0.2) is 34.7 Å². The summed E-state index contributed by atoms with van der Waals surface area (Å²) >= 11 is 0. The Balaban J connectivity index is 1.94. The second-order valence-electron chi connectivity index (χ2n) is 5.46. The summed E-state index contributed by atoms with van der Waals surface area (Å²) in [6, 6.07) is 7.60. The summed E-state index contributed by atoms with van der Waals surface area (Å²) in [5, 5.41) is 6.71. The second kappa shape index (κ2) is 6.32. The minimum Gasteiger partial charge on any atom is -0.337 e. The van der Waals surface area contributed by atoms with Gasteiger partial charge in [0.05, 0.1) is 11.1 Å². The molecule has 0 saturated carbocycles. The van der Waals surface area contributed by atoms with Crippen molar-refractivity contribution in [2.24, 2.45) is 0 Å². The zero-order valence-corrected chi connectivity index (χ0v) is 13.1. The van der Waals surface area contributed by atoms with E-state index in [4.69, 9.17) is 4.52 Å². The van der Waals surface area contributed by atoms with E-state index in [-0.39, 0.29) is 5.56 Å². The van der Waals surface area contributed by atoms with Gasteiger partial charge in [-0.3, -0.25) is 9.78 Å². The molecule has 5 heteroatoms. The fourth-order valence-electron chi connectivity index (χ4n) is 2.94. The number of rotatable bonds is 6. The highest BCUT2D eigenvalue weighted by Crippen LogP contribution is 2.25. The molecule has 1 N–H and O–H groups in total. The second-order valence-corrected chi connectivity index (χ2v) is 5.46. The van der Waals surface area contributed by atoms with Crippen LogP contribution in [0, 0.1) is 0 Å². The molecule has 0 spiro atoms. The van der Waals surface area contributed by atoms with Gasteiger partial charge >= 0.3 is 0 Å². The number of aromatic amines is 1. The lowest BCUT2D eigenvalue weighted by atomic mass is 10.1. The third-order valence-electron chi connectivity index (χ3n) is 4.21. The maximum absolute atomic E-state index is 12.0. The average Bonchev–Trinajstić information content (AvgIpc) is 2.95. The van der Waals surface area contributed by atoms with Crippen LogP contribution in [0.2, 0.25) is 0 Å². The van der Waals surface area contributed by atoms with E-state index in [2.05, 4.69) is 28.9 Å². The first-order valence-electron chi connectivity index (χ1n) is 7.86. The molecule has 0 aliphatic rings. The number of fused-ring (bicyclic) bond motifs is 3. The van der Waals surface area contributed by atoms with Gasteiger partial charge in [0.2, 0.25) is 5.71 Å². The molecule has 2 heterocycles. The van der Waals surface area contributed by atoms with Crippen molar-refractivity contribution in [3.8, 4) is 0 Å². The van der Waals surface area contributed by atoms with Crippen molar-refractivity contribution in [3.63, 3.8) is 0 Å². The summed E-state index contributed by atoms with van der Waals surface area (Å²) in [5.41, 5.74) is 1.27. The molecule has 3 aromatic rings. The summed E-state index contributed by atoms with van der Waals surface area (Å²) < 4.78 is 5.33. The number of hydrogen-bond acceptors (Lipinski definition) is 4. The molecule has 1 aromatic carbocycles. The Bertz CT molecular complexity index is 831. The number of nitrogens with one attached hydrogen (secondary N) is 1.